The molecule has 9 heteroatoms. The Morgan fingerprint density at radius 1 is 1.29 bits per heavy atom. The largest absolute Gasteiger partial charge is 0.366 e. The van der Waals surface area contributed by atoms with Crippen LogP contribution in [0.15, 0.2) is 31.0 Å². The molecular formula is C15H15B2N5O2. The predicted octanol–water partition coefficient (Wildman–Crippen LogP) is 0.365. The lowest BCUT2D eigenvalue weighted by atomic mass is 9.50. The molecule has 24 heavy (non-hydrogen) atoms. The van der Waals surface area contributed by atoms with Gasteiger partial charge in [-0.1, -0.05) is 6.42 Å². The minimum absolute atomic E-state index is 0.0690. The zero-order valence-corrected chi connectivity index (χ0v) is 12.9. The van der Waals surface area contributed by atoms with Crippen molar-refractivity contribution in [2.75, 3.05) is 0 Å². The van der Waals surface area contributed by atoms with E-state index in [4.69, 9.17) is 15.7 Å². The number of nitrogens with one attached hydrogen (secondary N) is 1. The van der Waals surface area contributed by atoms with E-state index in [2.05, 4.69) is 20.1 Å². The zero-order chi connectivity index (χ0) is 16.9. The Morgan fingerprint density at radius 2 is 2.12 bits per heavy atom. The maximum Gasteiger partial charge on any atom is 0.153 e. The van der Waals surface area contributed by atoms with Gasteiger partial charge in [-0.05, 0) is 17.2 Å². The van der Waals surface area contributed by atoms with Crippen LogP contribution in [0.3, 0.4) is 0 Å². The van der Waals surface area contributed by atoms with Crippen molar-refractivity contribution in [3.05, 3.63) is 31.0 Å². The number of hydrogen-bond acceptors (Lipinski definition) is 5. The molecule has 1 aliphatic rings. The highest BCUT2D eigenvalue weighted by Crippen LogP contribution is 2.49. The summed E-state index contributed by atoms with van der Waals surface area (Å²) in [6.07, 6.45) is 7.35. The van der Waals surface area contributed by atoms with Crippen LogP contribution in [-0.4, -0.2) is 56.4 Å². The van der Waals surface area contributed by atoms with Crippen LogP contribution in [0.4, 0.5) is 0 Å². The van der Waals surface area contributed by atoms with Gasteiger partial charge in [-0.2, -0.15) is 5.10 Å². The van der Waals surface area contributed by atoms with Crippen molar-refractivity contribution in [2.45, 2.75) is 30.4 Å². The molecule has 0 bridgehead atoms. The molecule has 118 valence electrons. The first kappa shape index (κ1) is 15.4. The second-order valence-electron chi connectivity index (χ2n) is 6.54. The van der Waals surface area contributed by atoms with Crippen molar-refractivity contribution in [3.63, 3.8) is 0 Å². The van der Waals surface area contributed by atoms with Crippen molar-refractivity contribution in [2.24, 2.45) is 5.92 Å². The minimum Gasteiger partial charge on any atom is -0.366 e. The van der Waals surface area contributed by atoms with Gasteiger partial charge in [0.15, 0.2) is 5.79 Å². The summed E-state index contributed by atoms with van der Waals surface area (Å²) in [5.74, 6) is -2.13. The van der Waals surface area contributed by atoms with Crippen LogP contribution in [0.5, 0.6) is 0 Å². The van der Waals surface area contributed by atoms with Gasteiger partial charge in [0.05, 0.1) is 27.6 Å². The summed E-state index contributed by atoms with van der Waals surface area (Å²) >= 11 is 0. The monoisotopic (exact) mass is 319 g/mol. The van der Waals surface area contributed by atoms with Crippen LogP contribution in [-0.2, 0) is 6.54 Å². The van der Waals surface area contributed by atoms with Gasteiger partial charge in [-0.15, -0.1) is 0 Å². The Bertz CT molecular complexity index is 873. The first-order chi connectivity index (χ1) is 11.4. The van der Waals surface area contributed by atoms with Crippen LogP contribution in [0, 0.1) is 5.92 Å². The van der Waals surface area contributed by atoms with E-state index < -0.39 is 11.0 Å². The molecule has 0 aromatic carbocycles. The fraction of sp³-hybridized carbons (Fsp3) is 0.400. The summed E-state index contributed by atoms with van der Waals surface area (Å²) in [6, 6.07) is 1.92. The molecule has 1 unspecified atom stereocenters. The molecular weight excluding hydrogens is 304 g/mol. The average Bonchev–Trinajstić information content (AvgIpc) is 3.17. The Labute approximate surface area is 141 Å². The minimum atomic E-state index is -2.06. The van der Waals surface area contributed by atoms with Crippen LogP contribution in [0.25, 0.3) is 22.3 Å². The molecule has 3 N–H and O–H groups in total. The number of aliphatic hydroxyl groups is 2. The van der Waals surface area contributed by atoms with E-state index in [1.165, 1.54) is 6.33 Å². The maximum absolute atomic E-state index is 9.90. The summed E-state index contributed by atoms with van der Waals surface area (Å²) in [7, 11) is 11.5. The lowest BCUT2D eigenvalue weighted by Crippen LogP contribution is -2.39. The van der Waals surface area contributed by atoms with Crippen molar-refractivity contribution < 1.29 is 10.2 Å². The normalized spacial score (nSPS) is 22.2. The summed E-state index contributed by atoms with van der Waals surface area (Å²) in [5, 5.41) is 23.6. The third-order valence-corrected chi connectivity index (χ3v) is 4.65. The van der Waals surface area contributed by atoms with Crippen LogP contribution in [0.2, 0.25) is 5.21 Å². The number of hydrogen-bond donors (Lipinski definition) is 3. The molecule has 3 aromatic heterocycles. The molecule has 3 aromatic rings. The van der Waals surface area contributed by atoms with Gasteiger partial charge in [0, 0.05) is 36.3 Å². The van der Waals surface area contributed by atoms with E-state index in [0.29, 0.717) is 13.0 Å². The highest BCUT2D eigenvalue weighted by atomic mass is 16.5. The van der Waals surface area contributed by atoms with Gasteiger partial charge < -0.3 is 15.2 Å². The first-order valence-electron chi connectivity index (χ1n) is 7.69. The molecule has 4 radical (unpaired) electrons. The van der Waals surface area contributed by atoms with E-state index in [1.807, 2.05) is 18.5 Å². The van der Waals surface area contributed by atoms with Crippen molar-refractivity contribution in [3.8, 4) is 11.3 Å². The van der Waals surface area contributed by atoms with Crippen molar-refractivity contribution in [1.29, 1.82) is 0 Å². The van der Waals surface area contributed by atoms with E-state index in [1.54, 1.807) is 10.9 Å². The van der Waals surface area contributed by atoms with Gasteiger partial charge in [0.1, 0.15) is 12.0 Å². The lowest BCUT2D eigenvalue weighted by molar-refractivity contribution is -0.163. The van der Waals surface area contributed by atoms with E-state index >= 15 is 0 Å². The zero-order valence-electron chi connectivity index (χ0n) is 12.9. The second-order valence-corrected chi connectivity index (χ2v) is 6.54. The number of rotatable bonds is 3. The Morgan fingerprint density at radius 3 is 2.88 bits per heavy atom. The summed E-state index contributed by atoms with van der Waals surface area (Å²) in [5.41, 5.74) is 2.43. The van der Waals surface area contributed by atoms with Crippen molar-refractivity contribution in [1.82, 2.24) is 24.7 Å². The van der Waals surface area contributed by atoms with Gasteiger partial charge in [-0.3, -0.25) is 4.68 Å². The van der Waals surface area contributed by atoms with E-state index in [-0.39, 0.29) is 12.3 Å². The molecule has 7 nitrogen and oxygen atoms in total. The average molecular weight is 319 g/mol. The molecule has 1 aliphatic carbocycles. The molecule has 0 aliphatic heterocycles. The molecule has 4 rings (SSSR count). The van der Waals surface area contributed by atoms with Crippen LogP contribution >= 0.6 is 0 Å². The van der Waals surface area contributed by atoms with Gasteiger partial charge in [-0.25, -0.2) is 9.97 Å². The fourth-order valence-electron chi connectivity index (χ4n) is 3.39. The van der Waals surface area contributed by atoms with E-state index in [0.717, 1.165) is 22.3 Å². The Balaban J connectivity index is 1.57. The highest BCUT2D eigenvalue weighted by molar-refractivity contribution is 6.40. The molecule has 0 spiro atoms. The third-order valence-electron chi connectivity index (χ3n) is 4.65. The smallest absolute Gasteiger partial charge is 0.153 e. The number of aromatic amines is 1. The lowest BCUT2D eigenvalue weighted by Gasteiger charge is -2.31. The quantitative estimate of drug-likeness (QED) is 0.478. The fourth-order valence-corrected chi connectivity index (χ4v) is 3.39. The number of fused-ring (bicyclic) bond motifs is 1. The van der Waals surface area contributed by atoms with Crippen LogP contribution in [0.1, 0.15) is 12.8 Å². The third kappa shape index (κ3) is 2.44. The summed E-state index contributed by atoms with van der Waals surface area (Å²) in [6.45, 7) is 0.500. The Kier molecular flexibility index (Phi) is 3.33. The van der Waals surface area contributed by atoms with Gasteiger partial charge in [0.2, 0.25) is 0 Å². The standard InChI is InChI=1S/C15H15B2N5O2/c16-14(17)3-9(4-15(14,23)24)6-22-7-10(5-21-22)12-11-1-2-18-13(11)20-8-19-12/h1-2,5,7-9,23-24H,3-4,6H2,(H,18,19,20). The van der Waals surface area contributed by atoms with E-state index in [9.17, 15) is 10.2 Å². The molecule has 1 saturated carbocycles. The summed E-state index contributed by atoms with van der Waals surface area (Å²) < 4.78 is 1.75. The highest BCUT2D eigenvalue weighted by Gasteiger charge is 2.49. The molecule has 3 heterocycles. The van der Waals surface area contributed by atoms with Gasteiger partial charge >= 0.3 is 0 Å². The second kappa shape index (κ2) is 5.19. The number of nitrogens with zero attached hydrogens (tertiary/aromatic N) is 4. The molecule has 1 fully saturated rings. The Hall–Kier alpha value is -2.12. The van der Waals surface area contributed by atoms with Gasteiger partial charge in [0.25, 0.3) is 0 Å². The molecule has 0 amide bonds. The number of aromatic nitrogens is 5. The molecule has 0 saturated heterocycles. The summed E-state index contributed by atoms with van der Waals surface area (Å²) in [4.78, 5) is 11.6. The first-order valence-corrected chi connectivity index (χ1v) is 7.69. The maximum atomic E-state index is 9.90. The SMILES string of the molecule is [B]C1([B])CC(Cn2cc(-c3ncnc4[nH]ccc34)cn2)CC1(O)O. The predicted molar refractivity (Wildman–Crippen MR) is 89.2 cm³/mol. The number of H-pyrrole nitrogens is 1. The molecule has 1 atom stereocenters. The van der Waals surface area contributed by atoms with Crippen molar-refractivity contribution >= 4 is 26.7 Å². The topological polar surface area (TPSA) is 99.9 Å². The van der Waals surface area contributed by atoms with Crippen LogP contribution < -0.4 is 0 Å².